The van der Waals surface area contributed by atoms with Gasteiger partial charge < -0.3 is 24.3 Å². The van der Waals surface area contributed by atoms with E-state index in [2.05, 4.69) is 0 Å². The van der Waals surface area contributed by atoms with Gasteiger partial charge in [-0.15, -0.1) is 0 Å². The van der Waals surface area contributed by atoms with Gasteiger partial charge >= 0.3 is 5.97 Å². The summed E-state index contributed by atoms with van der Waals surface area (Å²) in [7, 11) is 1.76. The lowest BCUT2D eigenvalue weighted by Crippen LogP contribution is -2.09. The Labute approximate surface area is 118 Å². The summed E-state index contributed by atoms with van der Waals surface area (Å²) < 4.78 is 12.3. The highest BCUT2D eigenvalue weighted by atomic mass is 16.7. The number of fused-ring (bicyclic) bond motifs is 2. The molecule has 21 heavy (non-hydrogen) atoms. The molecule has 7 nitrogen and oxygen atoms in total. The first-order valence-corrected chi connectivity index (χ1v) is 6.04. The summed E-state index contributed by atoms with van der Waals surface area (Å²) >= 11 is 0. The molecule has 0 saturated carbocycles. The Kier molecular flexibility index (Phi) is 2.83. The largest absolute Gasteiger partial charge is 0.507 e. The fraction of sp³-hybridized carbons (Fsp3) is 0.143. The van der Waals surface area contributed by atoms with Crippen LogP contribution in [0.3, 0.4) is 0 Å². The zero-order chi connectivity index (χ0) is 15.1. The van der Waals surface area contributed by atoms with E-state index in [4.69, 9.17) is 14.6 Å². The van der Waals surface area contributed by atoms with Crippen molar-refractivity contribution in [3.8, 4) is 11.5 Å². The van der Waals surface area contributed by atoms with Gasteiger partial charge in [0, 0.05) is 36.3 Å². The minimum atomic E-state index is -1.63. The Balaban J connectivity index is 2.15. The molecule has 2 N–H and O–H groups in total. The van der Waals surface area contributed by atoms with Crippen LogP contribution in [-0.4, -0.2) is 33.3 Å². The summed E-state index contributed by atoms with van der Waals surface area (Å²) in [6, 6.07) is 3.44. The summed E-state index contributed by atoms with van der Waals surface area (Å²) in [6.07, 6.45) is 2.28. The number of carboxylic acid groups (broad SMARTS) is 1. The van der Waals surface area contributed by atoms with Crippen molar-refractivity contribution in [2.75, 3.05) is 6.79 Å². The smallest absolute Gasteiger partial charge is 0.376 e. The fourth-order valence-electron chi connectivity index (χ4n) is 2.24. The Hall–Kier alpha value is -2.96. The highest BCUT2D eigenvalue weighted by Gasteiger charge is 2.20. The molecule has 0 atom stereocenters. The molecule has 2 aromatic rings. The van der Waals surface area contributed by atoms with Crippen molar-refractivity contribution < 1.29 is 29.3 Å². The zero-order valence-electron chi connectivity index (χ0n) is 11.0. The van der Waals surface area contributed by atoms with Crippen molar-refractivity contribution in [2.45, 2.75) is 0 Å². The van der Waals surface area contributed by atoms with Gasteiger partial charge in [0.1, 0.15) is 5.76 Å². The molecule has 0 fully saturated rings. The summed E-state index contributed by atoms with van der Waals surface area (Å²) in [4.78, 5) is 21.7. The number of nitrogens with zero attached hydrogens (tertiary/aromatic N) is 1. The molecule has 1 aromatic heterocycles. The topological polar surface area (TPSA) is 98.0 Å². The average molecular weight is 289 g/mol. The maximum Gasteiger partial charge on any atom is 0.376 e. The van der Waals surface area contributed by atoms with E-state index in [0.717, 1.165) is 5.52 Å². The lowest BCUT2D eigenvalue weighted by atomic mass is 10.1. The third kappa shape index (κ3) is 2.08. The van der Waals surface area contributed by atoms with Crippen LogP contribution in [0.4, 0.5) is 0 Å². The number of aryl methyl sites for hydroxylation is 1. The Morgan fingerprint density at radius 3 is 2.57 bits per heavy atom. The Morgan fingerprint density at radius 1 is 1.24 bits per heavy atom. The predicted octanol–water partition coefficient (Wildman–Crippen LogP) is 1.46. The molecule has 0 amide bonds. The molecule has 108 valence electrons. The van der Waals surface area contributed by atoms with Crippen LogP contribution in [0.2, 0.25) is 0 Å². The molecule has 1 aliphatic rings. The van der Waals surface area contributed by atoms with Crippen molar-refractivity contribution in [1.29, 1.82) is 0 Å². The van der Waals surface area contributed by atoms with Gasteiger partial charge in [0.05, 0.1) is 5.52 Å². The van der Waals surface area contributed by atoms with E-state index >= 15 is 0 Å². The normalized spacial score (nSPS) is 13.7. The minimum Gasteiger partial charge on any atom is -0.507 e. The van der Waals surface area contributed by atoms with Crippen molar-refractivity contribution >= 4 is 28.4 Å². The molecule has 0 spiro atoms. The molecule has 3 rings (SSSR count). The van der Waals surface area contributed by atoms with E-state index in [1.54, 1.807) is 29.9 Å². The van der Waals surface area contributed by atoms with Crippen LogP contribution >= 0.6 is 0 Å². The maximum atomic E-state index is 11.2. The first kappa shape index (κ1) is 13.0. The van der Waals surface area contributed by atoms with Gasteiger partial charge in [-0.05, 0) is 6.07 Å². The second-order valence-corrected chi connectivity index (χ2v) is 4.58. The molecule has 0 unspecified atom stereocenters. The first-order chi connectivity index (χ1) is 9.97. The lowest BCUT2D eigenvalue weighted by molar-refractivity contribution is -0.146. The number of hydrogen-bond acceptors (Lipinski definition) is 5. The van der Waals surface area contributed by atoms with Gasteiger partial charge in [0.2, 0.25) is 6.79 Å². The van der Waals surface area contributed by atoms with Crippen LogP contribution in [0.1, 0.15) is 5.56 Å². The molecular weight excluding hydrogens is 278 g/mol. The van der Waals surface area contributed by atoms with Gasteiger partial charge in [-0.1, -0.05) is 0 Å². The zero-order valence-corrected chi connectivity index (χ0v) is 11.0. The monoisotopic (exact) mass is 289 g/mol. The van der Waals surface area contributed by atoms with Crippen molar-refractivity contribution in [3.63, 3.8) is 0 Å². The lowest BCUT2D eigenvalue weighted by Gasteiger charge is -2.00. The number of carbonyl (C=O) groups is 2. The molecular formula is C14H11NO6. The minimum absolute atomic E-state index is 0.125. The number of ether oxygens (including phenoxy) is 2. The SMILES string of the molecule is Cn1cc(C(O)=CC(=O)C(=O)O)c2cc3c(cc21)OCO3. The van der Waals surface area contributed by atoms with Crippen LogP contribution < -0.4 is 9.47 Å². The molecule has 0 saturated heterocycles. The van der Waals surface area contributed by atoms with E-state index in [1.165, 1.54) is 0 Å². The number of ketones is 1. The first-order valence-electron chi connectivity index (χ1n) is 6.04. The summed E-state index contributed by atoms with van der Waals surface area (Å²) in [6.45, 7) is 0.125. The van der Waals surface area contributed by atoms with E-state index in [1.807, 2.05) is 0 Å². The number of carbonyl (C=O) groups excluding carboxylic acids is 1. The molecule has 1 aliphatic heterocycles. The highest BCUT2D eigenvalue weighted by Crippen LogP contribution is 2.38. The molecule has 1 aromatic carbocycles. The van der Waals surface area contributed by atoms with E-state index in [-0.39, 0.29) is 6.79 Å². The standard InChI is InChI=1S/C14H11NO6/c1-15-5-8(10(16)4-11(17)14(18)19)7-2-12-13(3-9(7)15)21-6-20-12/h2-5,16H,6H2,1H3,(H,18,19). The number of aliphatic hydroxyl groups is 1. The maximum absolute atomic E-state index is 11.2. The average Bonchev–Trinajstić information content (AvgIpc) is 3.01. The van der Waals surface area contributed by atoms with Gasteiger partial charge in [0.25, 0.3) is 5.78 Å². The third-order valence-corrected chi connectivity index (χ3v) is 3.24. The number of carboxylic acids is 1. The van der Waals surface area contributed by atoms with Crippen LogP contribution in [0.25, 0.3) is 16.7 Å². The molecule has 2 heterocycles. The predicted molar refractivity (Wildman–Crippen MR) is 72.3 cm³/mol. The summed E-state index contributed by atoms with van der Waals surface area (Å²) in [5.41, 5.74) is 1.11. The molecule has 7 heteroatoms. The highest BCUT2D eigenvalue weighted by molar-refractivity contribution is 6.38. The third-order valence-electron chi connectivity index (χ3n) is 3.24. The quantitative estimate of drug-likeness (QED) is 0.504. The fourth-order valence-corrected chi connectivity index (χ4v) is 2.24. The Bertz CT molecular complexity index is 801. The van der Waals surface area contributed by atoms with Gasteiger partial charge in [0.15, 0.2) is 11.5 Å². The number of rotatable bonds is 3. The van der Waals surface area contributed by atoms with E-state index < -0.39 is 17.5 Å². The van der Waals surface area contributed by atoms with Crippen LogP contribution in [0.15, 0.2) is 24.4 Å². The van der Waals surface area contributed by atoms with Crippen molar-refractivity contribution in [1.82, 2.24) is 4.57 Å². The summed E-state index contributed by atoms with van der Waals surface area (Å²) in [5.74, 6) is -2.09. The number of hydrogen-bond donors (Lipinski definition) is 2. The molecule has 0 bridgehead atoms. The Morgan fingerprint density at radius 2 is 1.90 bits per heavy atom. The van der Waals surface area contributed by atoms with Gasteiger partial charge in [-0.25, -0.2) is 4.79 Å². The molecule has 0 radical (unpaired) electrons. The number of benzene rings is 1. The van der Waals surface area contributed by atoms with Crippen LogP contribution in [-0.2, 0) is 16.6 Å². The van der Waals surface area contributed by atoms with Crippen LogP contribution in [0.5, 0.6) is 11.5 Å². The van der Waals surface area contributed by atoms with E-state index in [9.17, 15) is 14.7 Å². The second kappa shape index (κ2) is 4.55. The van der Waals surface area contributed by atoms with Gasteiger partial charge in [-0.3, -0.25) is 4.79 Å². The number of aromatic nitrogens is 1. The summed E-state index contributed by atoms with van der Waals surface area (Å²) in [5, 5.41) is 19.2. The van der Waals surface area contributed by atoms with Gasteiger partial charge in [-0.2, -0.15) is 0 Å². The van der Waals surface area contributed by atoms with E-state index in [0.29, 0.717) is 28.5 Å². The number of aliphatic carboxylic acids is 1. The van der Waals surface area contributed by atoms with Crippen LogP contribution in [0, 0.1) is 0 Å². The van der Waals surface area contributed by atoms with Crippen molar-refractivity contribution in [2.24, 2.45) is 7.05 Å². The van der Waals surface area contributed by atoms with Crippen molar-refractivity contribution in [3.05, 3.63) is 30.0 Å². The second-order valence-electron chi connectivity index (χ2n) is 4.58. The molecule has 0 aliphatic carbocycles. The number of aliphatic hydroxyl groups excluding tert-OH is 1.